The summed E-state index contributed by atoms with van der Waals surface area (Å²) >= 11 is 5.82. The summed E-state index contributed by atoms with van der Waals surface area (Å²) in [6, 6.07) is 13.3. The molecule has 2 aromatic rings. The molecule has 128 valence electrons. The van der Waals surface area contributed by atoms with Crippen molar-refractivity contribution in [1.82, 2.24) is 5.32 Å². The van der Waals surface area contributed by atoms with E-state index in [2.05, 4.69) is 5.32 Å². The van der Waals surface area contributed by atoms with E-state index in [1.54, 1.807) is 31.2 Å². The standard InChI is InChI=1S/C17H19ClN2O3S/c1-12(14-3-2-4-16(11-14)24(19,22)23)20-17(21)10-7-13-5-8-15(18)9-6-13/h2-6,8-9,11-12H,7,10H2,1H3,(H,20,21)(H2,19,22,23). The van der Waals surface area contributed by atoms with Crippen molar-refractivity contribution in [2.45, 2.75) is 30.7 Å². The molecule has 0 saturated heterocycles. The number of halogens is 1. The first kappa shape index (κ1) is 18.4. The molecule has 0 spiro atoms. The van der Waals surface area contributed by atoms with Crippen LogP contribution in [0.3, 0.4) is 0 Å². The summed E-state index contributed by atoms with van der Waals surface area (Å²) in [5, 5.41) is 8.64. The molecule has 1 unspecified atom stereocenters. The van der Waals surface area contributed by atoms with Crippen molar-refractivity contribution in [1.29, 1.82) is 0 Å². The third-order valence-corrected chi connectivity index (χ3v) is 4.78. The number of benzene rings is 2. The van der Waals surface area contributed by atoms with E-state index in [9.17, 15) is 13.2 Å². The number of amides is 1. The summed E-state index contributed by atoms with van der Waals surface area (Å²) in [6.45, 7) is 1.79. The number of carbonyl (C=O) groups excluding carboxylic acids is 1. The topological polar surface area (TPSA) is 89.3 Å². The van der Waals surface area contributed by atoms with Crippen LogP contribution >= 0.6 is 11.6 Å². The van der Waals surface area contributed by atoms with E-state index in [4.69, 9.17) is 16.7 Å². The number of hydrogen-bond acceptors (Lipinski definition) is 3. The fraction of sp³-hybridized carbons (Fsp3) is 0.235. The lowest BCUT2D eigenvalue weighted by Crippen LogP contribution is -2.27. The van der Waals surface area contributed by atoms with Crippen LogP contribution in [0.15, 0.2) is 53.4 Å². The predicted molar refractivity (Wildman–Crippen MR) is 94.1 cm³/mol. The minimum Gasteiger partial charge on any atom is -0.350 e. The average Bonchev–Trinajstić information content (AvgIpc) is 2.53. The summed E-state index contributed by atoms with van der Waals surface area (Å²) in [7, 11) is -3.76. The summed E-state index contributed by atoms with van der Waals surface area (Å²) in [5.74, 6) is -0.113. The van der Waals surface area contributed by atoms with Gasteiger partial charge in [-0.25, -0.2) is 13.6 Å². The van der Waals surface area contributed by atoms with Crippen molar-refractivity contribution >= 4 is 27.5 Å². The van der Waals surface area contributed by atoms with Gasteiger partial charge in [0.05, 0.1) is 10.9 Å². The molecule has 0 aliphatic carbocycles. The highest BCUT2D eigenvalue weighted by molar-refractivity contribution is 7.89. The van der Waals surface area contributed by atoms with E-state index in [0.717, 1.165) is 5.56 Å². The van der Waals surface area contributed by atoms with Gasteiger partial charge in [0.25, 0.3) is 0 Å². The third kappa shape index (κ3) is 5.33. The second kappa shape index (κ2) is 7.79. The van der Waals surface area contributed by atoms with Crippen LogP contribution in [0.2, 0.25) is 5.02 Å². The molecule has 0 radical (unpaired) electrons. The number of carbonyl (C=O) groups is 1. The fourth-order valence-electron chi connectivity index (χ4n) is 2.27. The maximum Gasteiger partial charge on any atom is 0.238 e. The smallest absolute Gasteiger partial charge is 0.238 e. The van der Waals surface area contributed by atoms with Gasteiger partial charge in [-0.1, -0.05) is 35.9 Å². The molecular formula is C17H19ClN2O3S. The third-order valence-electron chi connectivity index (χ3n) is 3.62. The Labute approximate surface area is 146 Å². The van der Waals surface area contributed by atoms with Crippen LogP contribution in [-0.4, -0.2) is 14.3 Å². The molecule has 1 amide bonds. The van der Waals surface area contributed by atoms with Gasteiger partial charge in [0.15, 0.2) is 0 Å². The highest BCUT2D eigenvalue weighted by atomic mass is 35.5. The second-order valence-corrected chi connectivity index (χ2v) is 7.53. The molecule has 0 saturated carbocycles. The van der Waals surface area contributed by atoms with E-state index in [0.29, 0.717) is 23.4 Å². The zero-order valence-electron chi connectivity index (χ0n) is 13.2. The maximum absolute atomic E-state index is 12.1. The number of nitrogens with one attached hydrogen (secondary N) is 1. The van der Waals surface area contributed by atoms with Gasteiger partial charge in [0.1, 0.15) is 0 Å². The molecule has 7 heteroatoms. The summed E-state index contributed by atoms with van der Waals surface area (Å²) < 4.78 is 22.8. The average molecular weight is 367 g/mol. The van der Waals surface area contributed by atoms with Crippen molar-refractivity contribution in [3.63, 3.8) is 0 Å². The van der Waals surface area contributed by atoms with E-state index in [1.807, 2.05) is 12.1 Å². The molecule has 0 fully saturated rings. The lowest BCUT2D eigenvalue weighted by atomic mass is 10.1. The number of nitrogens with two attached hydrogens (primary N) is 1. The monoisotopic (exact) mass is 366 g/mol. The highest BCUT2D eigenvalue weighted by Crippen LogP contribution is 2.17. The van der Waals surface area contributed by atoms with Crippen molar-refractivity contribution in [2.24, 2.45) is 5.14 Å². The second-order valence-electron chi connectivity index (χ2n) is 5.53. The van der Waals surface area contributed by atoms with Crippen molar-refractivity contribution in [2.75, 3.05) is 0 Å². The molecule has 0 aliphatic heterocycles. The van der Waals surface area contributed by atoms with Crippen LogP contribution in [-0.2, 0) is 21.2 Å². The lowest BCUT2D eigenvalue weighted by molar-refractivity contribution is -0.121. The van der Waals surface area contributed by atoms with Crippen LogP contribution in [0.25, 0.3) is 0 Å². The van der Waals surface area contributed by atoms with Crippen molar-refractivity contribution in [3.05, 3.63) is 64.7 Å². The summed E-state index contributed by atoms with van der Waals surface area (Å²) in [6.07, 6.45) is 0.938. The van der Waals surface area contributed by atoms with E-state index >= 15 is 0 Å². The SMILES string of the molecule is CC(NC(=O)CCc1ccc(Cl)cc1)c1cccc(S(N)(=O)=O)c1. The summed E-state index contributed by atoms with van der Waals surface area (Å²) in [4.78, 5) is 12.1. The molecule has 5 nitrogen and oxygen atoms in total. The largest absolute Gasteiger partial charge is 0.350 e. The van der Waals surface area contributed by atoms with Gasteiger partial charge in [0.2, 0.25) is 15.9 Å². The number of aryl methyl sites for hydroxylation is 1. The van der Waals surface area contributed by atoms with Gasteiger partial charge in [-0.3, -0.25) is 4.79 Å². The van der Waals surface area contributed by atoms with Crippen LogP contribution in [0.1, 0.15) is 30.5 Å². The number of hydrogen-bond donors (Lipinski definition) is 2. The quantitative estimate of drug-likeness (QED) is 0.823. The number of primary sulfonamides is 1. The normalized spacial score (nSPS) is 12.6. The summed E-state index contributed by atoms with van der Waals surface area (Å²) in [5.41, 5.74) is 1.71. The van der Waals surface area contributed by atoms with Crippen LogP contribution in [0, 0.1) is 0 Å². The predicted octanol–water partition coefficient (Wildman–Crippen LogP) is 2.80. The van der Waals surface area contributed by atoms with Crippen LogP contribution < -0.4 is 10.5 Å². The van der Waals surface area contributed by atoms with Gasteiger partial charge < -0.3 is 5.32 Å². The fourth-order valence-corrected chi connectivity index (χ4v) is 2.96. The molecule has 0 aliphatic rings. The molecular weight excluding hydrogens is 348 g/mol. The molecule has 0 heterocycles. The Hall–Kier alpha value is -1.89. The van der Waals surface area contributed by atoms with Crippen molar-refractivity contribution in [3.8, 4) is 0 Å². The Bertz CT molecular complexity index is 820. The Morgan fingerprint density at radius 3 is 2.50 bits per heavy atom. The van der Waals surface area contributed by atoms with E-state index in [1.165, 1.54) is 12.1 Å². The first-order chi connectivity index (χ1) is 11.3. The van der Waals surface area contributed by atoms with Gasteiger partial charge in [0, 0.05) is 11.4 Å². The maximum atomic E-state index is 12.1. The molecule has 1 atom stereocenters. The Kier molecular flexibility index (Phi) is 5.99. The van der Waals surface area contributed by atoms with Gasteiger partial charge in [-0.05, 0) is 48.7 Å². The molecule has 24 heavy (non-hydrogen) atoms. The molecule has 3 N–H and O–H groups in total. The zero-order valence-corrected chi connectivity index (χ0v) is 14.8. The van der Waals surface area contributed by atoms with Gasteiger partial charge >= 0.3 is 0 Å². The van der Waals surface area contributed by atoms with Gasteiger partial charge in [-0.2, -0.15) is 0 Å². The molecule has 2 rings (SSSR count). The van der Waals surface area contributed by atoms with Gasteiger partial charge in [-0.15, -0.1) is 0 Å². The Balaban J connectivity index is 1.95. The van der Waals surface area contributed by atoms with Crippen LogP contribution in [0.4, 0.5) is 0 Å². The minimum atomic E-state index is -3.76. The minimum absolute atomic E-state index is 0.0299. The molecule has 2 aromatic carbocycles. The van der Waals surface area contributed by atoms with E-state index in [-0.39, 0.29) is 16.8 Å². The van der Waals surface area contributed by atoms with Crippen LogP contribution in [0.5, 0.6) is 0 Å². The number of rotatable bonds is 6. The molecule has 0 bridgehead atoms. The number of sulfonamides is 1. The Morgan fingerprint density at radius 1 is 1.21 bits per heavy atom. The highest BCUT2D eigenvalue weighted by Gasteiger charge is 2.13. The first-order valence-electron chi connectivity index (χ1n) is 7.42. The molecule has 0 aromatic heterocycles. The lowest BCUT2D eigenvalue weighted by Gasteiger charge is -2.15. The first-order valence-corrected chi connectivity index (χ1v) is 9.35. The Morgan fingerprint density at radius 2 is 1.88 bits per heavy atom. The van der Waals surface area contributed by atoms with E-state index < -0.39 is 10.0 Å². The van der Waals surface area contributed by atoms with Crippen molar-refractivity contribution < 1.29 is 13.2 Å². The zero-order chi connectivity index (χ0) is 17.7.